The first-order chi connectivity index (χ1) is 13.9. The van der Waals surface area contributed by atoms with E-state index >= 15 is 0 Å². The summed E-state index contributed by atoms with van der Waals surface area (Å²) in [5.41, 5.74) is 0.456. The fourth-order valence-electron chi connectivity index (χ4n) is 3.67. The zero-order valence-corrected chi connectivity index (χ0v) is 17.4. The van der Waals surface area contributed by atoms with Crippen LogP contribution in [0.4, 0.5) is 16.4 Å². The Balaban J connectivity index is 1.55. The van der Waals surface area contributed by atoms with Crippen LogP contribution in [0.2, 0.25) is 0 Å². The van der Waals surface area contributed by atoms with Crippen LogP contribution in [0.15, 0.2) is 24.4 Å². The summed E-state index contributed by atoms with van der Waals surface area (Å²) in [6.07, 6.45) is 1.56. The minimum absolute atomic E-state index is 0.251. The normalized spacial score (nSPS) is 18.2. The molecule has 29 heavy (non-hydrogen) atoms. The predicted molar refractivity (Wildman–Crippen MR) is 113 cm³/mol. The maximum Gasteiger partial charge on any atom is 0.410 e. The van der Waals surface area contributed by atoms with Crippen molar-refractivity contribution in [2.45, 2.75) is 26.4 Å². The molecule has 0 bridgehead atoms. The van der Waals surface area contributed by atoms with E-state index < -0.39 is 5.60 Å². The predicted octanol–water partition coefficient (Wildman–Crippen LogP) is 2.52. The summed E-state index contributed by atoms with van der Waals surface area (Å²) in [7, 11) is 0. The molecule has 8 heteroatoms. The van der Waals surface area contributed by atoms with Crippen LogP contribution in [0.1, 0.15) is 20.8 Å². The summed E-state index contributed by atoms with van der Waals surface area (Å²) in [5, 5.41) is 1.04. The summed E-state index contributed by atoms with van der Waals surface area (Å²) >= 11 is 0. The lowest BCUT2D eigenvalue weighted by atomic mass is 10.2. The van der Waals surface area contributed by atoms with Crippen molar-refractivity contribution in [1.82, 2.24) is 14.9 Å². The van der Waals surface area contributed by atoms with Gasteiger partial charge in [0.05, 0.1) is 18.7 Å². The lowest BCUT2D eigenvalue weighted by Crippen LogP contribution is -2.50. The molecular weight excluding hydrogens is 370 g/mol. The van der Waals surface area contributed by atoms with Crippen molar-refractivity contribution in [2.24, 2.45) is 0 Å². The van der Waals surface area contributed by atoms with Gasteiger partial charge in [0.25, 0.3) is 0 Å². The SMILES string of the molecule is CC(C)(C)OC(=O)N1CCN(c2nc(N3CCOCC3)cc3ncccc23)CC1. The third-order valence-electron chi connectivity index (χ3n) is 5.13. The Hall–Kier alpha value is -2.61. The molecule has 4 heterocycles. The summed E-state index contributed by atoms with van der Waals surface area (Å²) in [6.45, 7) is 11.4. The highest BCUT2D eigenvalue weighted by Gasteiger charge is 2.27. The lowest BCUT2D eigenvalue weighted by molar-refractivity contribution is 0.0240. The molecule has 2 fully saturated rings. The van der Waals surface area contributed by atoms with Gasteiger partial charge < -0.3 is 24.2 Å². The number of pyridine rings is 2. The van der Waals surface area contributed by atoms with Gasteiger partial charge in [-0.3, -0.25) is 4.98 Å². The largest absolute Gasteiger partial charge is 0.444 e. The quantitative estimate of drug-likeness (QED) is 0.768. The summed E-state index contributed by atoms with van der Waals surface area (Å²) in [5.74, 6) is 1.87. The Morgan fingerprint density at radius 3 is 2.48 bits per heavy atom. The highest BCUT2D eigenvalue weighted by atomic mass is 16.6. The number of carbonyl (C=O) groups is 1. The first-order valence-corrected chi connectivity index (χ1v) is 10.2. The molecule has 2 saturated heterocycles. The molecule has 0 aliphatic carbocycles. The van der Waals surface area contributed by atoms with E-state index in [2.05, 4.69) is 26.9 Å². The molecule has 2 aromatic heterocycles. The van der Waals surface area contributed by atoms with Gasteiger partial charge in [-0.2, -0.15) is 0 Å². The number of hydrogen-bond acceptors (Lipinski definition) is 7. The number of rotatable bonds is 2. The first-order valence-electron chi connectivity index (χ1n) is 10.2. The lowest BCUT2D eigenvalue weighted by Gasteiger charge is -2.37. The van der Waals surface area contributed by atoms with Crippen molar-refractivity contribution in [3.8, 4) is 0 Å². The van der Waals surface area contributed by atoms with Gasteiger partial charge >= 0.3 is 6.09 Å². The van der Waals surface area contributed by atoms with E-state index in [4.69, 9.17) is 14.5 Å². The molecule has 0 N–H and O–H groups in total. The fraction of sp³-hybridized carbons (Fsp3) is 0.571. The first kappa shape index (κ1) is 19.7. The van der Waals surface area contributed by atoms with E-state index in [9.17, 15) is 4.79 Å². The average Bonchev–Trinajstić information content (AvgIpc) is 2.72. The van der Waals surface area contributed by atoms with Crippen LogP contribution >= 0.6 is 0 Å². The van der Waals surface area contributed by atoms with Gasteiger partial charge in [0, 0.05) is 56.9 Å². The highest BCUT2D eigenvalue weighted by Crippen LogP contribution is 2.29. The Morgan fingerprint density at radius 1 is 1.07 bits per heavy atom. The second kappa shape index (κ2) is 8.02. The molecule has 2 aliphatic rings. The van der Waals surface area contributed by atoms with Gasteiger partial charge in [0.1, 0.15) is 17.2 Å². The van der Waals surface area contributed by atoms with E-state index in [1.165, 1.54) is 0 Å². The summed E-state index contributed by atoms with van der Waals surface area (Å²) in [4.78, 5) is 28.2. The average molecular weight is 399 g/mol. The molecule has 0 aromatic carbocycles. The minimum atomic E-state index is -0.482. The monoisotopic (exact) mass is 399 g/mol. The van der Waals surface area contributed by atoms with Gasteiger partial charge in [-0.15, -0.1) is 0 Å². The third-order valence-corrected chi connectivity index (χ3v) is 5.13. The molecule has 0 radical (unpaired) electrons. The van der Waals surface area contributed by atoms with Gasteiger partial charge in [0.2, 0.25) is 0 Å². The maximum absolute atomic E-state index is 12.4. The van der Waals surface area contributed by atoms with E-state index in [1.807, 2.05) is 33.0 Å². The second-order valence-electron chi connectivity index (χ2n) is 8.43. The topological polar surface area (TPSA) is 71.0 Å². The van der Waals surface area contributed by atoms with Crippen molar-refractivity contribution >= 4 is 28.6 Å². The number of morpholine rings is 1. The number of nitrogens with zero attached hydrogens (tertiary/aromatic N) is 5. The van der Waals surface area contributed by atoms with Gasteiger partial charge in [0.15, 0.2) is 0 Å². The number of amides is 1. The number of fused-ring (bicyclic) bond motifs is 1. The van der Waals surface area contributed by atoms with Gasteiger partial charge in [-0.05, 0) is 32.9 Å². The number of ether oxygens (including phenoxy) is 2. The van der Waals surface area contributed by atoms with E-state index in [0.29, 0.717) is 39.4 Å². The Labute approximate surface area is 171 Å². The van der Waals surface area contributed by atoms with Crippen LogP contribution in [0.3, 0.4) is 0 Å². The summed E-state index contributed by atoms with van der Waals surface area (Å²) in [6, 6.07) is 6.06. The van der Waals surface area contributed by atoms with Crippen LogP contribution in [0, 0.1) is 0 Å². The number of anilines is 2. The highest BCUT2D eigenvalue weighted by molar-refractivity contribution is 5.91. The Morgan fingerprint density at radius 2 is 1.79 bits per heavy atom. The van der Waals surface area contributed by atoms with Crippen LogP contribution in [0.25, 0.3) is 10.9 Å². The molecule has 2 aromatic rings. The molecule has 8 nitrogen and oxygen atoms in total. The van der Waals surface area contributed by atoms with Crippen LogP contribution in [-0.2, 0) is 9.47 Å². The molecule has 2 aliphatic heterocycles. The zero-order chi connectivity index (χ0) is 20.4. The van der Waals surface area contributed by atoms with Crippen molar-refractivity contribution in [1.29, 1.82) is 0 Å². The molecule has 0 unspecified atom stereocenters. The van der Waals surface area contributed by atoms with E-state index in [-0.39, 0.29) is 6.09 Å². The number of carbonyl (C=O) groups excluding carboxylic acids is 1. The number of piperazine rings is 1. The molecule has 0 spiro atoms. The minimum Gasteiger partial charge on any atom is -0.444 e. The smallest absolute Gasteiger partial charge is 0.410 e. The Kier molecular flexibility index (Phi) is 5.45. The van der Waals surface area contributed by atoms with Crippen molar-refractivity contribution in [3.05, 3.63) is 24.4 Å². The molecule has 156 valence electrons. The standard InChI is InChI=1S/C21H29N5O3/c1-21(2,3)29-20(27)26-9-7-25(8-10-26)19-16-5-4-6-22-17(16)15-18(23-19)24-11-13-28-14-12-24/h4-6,15H,7-14H2,1-3H3. The molecular formula is C21H29N5O3. The molecule has 1 amide bonds. The second-order valence-corrected chi connectivity index (χ2v) is 8.43. The number of aromatic nitrogens is 2. The Bertz CT molecular complexity index is 868. The molecule has 4 rings (SSSR count). The van der Waals surface area contributed by atoms with Crippen LogP contribution < -0.4 is 9.80 Å². The van der Waals surface area contributed by atoms with Crippen LogP contribution in [-0.4, -0.2) is 79.0 Å². The van der Waals surface area contributed by atoms with Crippen molar-refractivity contribution < 1.29 is 14.3 Å². The van der Waals surface area contributed by atoms with E-state index in [0.717, 1.165) is 35.6 Å². The van der Waals surface area contributed by atoms with Crippen LogP contribution in [0.5, 0.6) is 0 Å². The fourth-order valence-corrected chi connectivity index (χ4v) is 3.67. The zero-order valence-electron chi connectivity index (χ0n) is 17.4. The maximum atomic E-state index is 12.4. The van der Waals surface area contributed by atoms with E-state index in [1.54, 1.807) is 4.90 Å². The molecule has 0 saturated carbocycles. The molecule has 0 atom stereocenters. The van der Waals surface area contributed by atoms with Gasteiger partial charge in [-0.1, -0.05) is 0 Å². The summed E-state index contributed by atoms with van der Waals surface area (Å²) < 4.78 is 11.0. The van der Waals surface area contributed by atoms with Gasteiger partial charge in [-0.25, -0.2) is 9.78 Å². The number of hydrogen-bond donors (Lipinski definition) is 0. The van der Waals surface area contributed by atoms with Crippen molar-refractivity contribution in [3.63, 3.8) is 0 Å². The van der Waals surface area contributed by atoms with Crippen molar-refractivity contribution in [2.75, 3.05) is 62.3 Å². The third kappa shape index (κ3) is 4.53.